The Morgan fingerprint density at radius 3 is 2.95 bits per heavy atom. The number of hydrogen-bond acceptors (Lipinski definition) is 6. The molecule has 0 aliphatic carbocycles. The molecule has 0 aliphatic heterocycles. The van der Waals surface area contributed by atoms with Crippen molar-refractivity contribution in [1.82, 2.24) is 5.16 Å². The van der Waals surface area contributed by atoms with Crippen molar-refractivity contribution in [2.75, 3.05) is 18.6 Å². The third-order valence-electron chi connectivity index (χ3n) is 2.35. The molecule has 19 heavy (non-hydrogen) atoms. The van der Waals surface area contributed by atoms with Crippen LogP contribution in [0, 0.1) is 0 Å². The molecule has 6 nitrogen and oxygen atoms in total. The molecule has 1 atom stereocenters. The summed E-state index contributed by atoms with van der Waals surface area (Å²) in [6.07, 6.45) is 1.12. The average Bonchev–Trinajstić information content (AvgIpc) is 2.66. The van der Waals surface area contributed by atoms with Crippen LogP contribution in [0.25, 0.3) is 11.0 Å². The largest absolute Gasteiger partial charge is 0.473 e. The van der Waals surface area contributed by atoms with Gasteiger partial charge in [-0.2, -0.15) is 0 Å². The molecule has 0 aliphatic rings. The number of nitrogens with zero attached hydrogens (tertiary/aromatic N) is 1. The zero-order valence-corrected chi connectivity index (χ0v) is 11.7. The summed E-state index contributed by atoms with van der Waals surface area (Å²) < 4.78 is 32.6. The molecule has 0 saturated heterocycles. The van der Waals surface area contributed by atoms with Crippen LogP contribution in [-0.4, -0.2) is 38.2 Å². The van der Waals surface area contributed by atoms with E-state index in [1.165, 1.54) is 0 Å². The molecule has 0 saturated carbocycles. The Morgan fingerprint density at radius 2 is 2.26 bits per heavy atom. The zero-order valence-electron chi connectivity index (χ0n) is 10.2. The van der Waals surface area contributed by atoms with Gasteiger partial charge in [-0.25, -0.2) is 8.42 Å². The van der Waals surface area contributed by atoms with Gasteiger partial charge in [-0.05, 0) is 23.4 Å². The number of fused-ring (bicyclic) bond motifs is 1. The summed E-state index contributed by atoms with van der Waals surface area (Å²) >= 11 is 5.87. The first-order valence-corrected chi connectivity index (χ1v) is 7.90. The summed E-state index contributed by atoms with van der Waals surface area (Å²) in [4.78, 5) is 0. The number of ether oxygens (including phenoxy) is 1. The Kier molecular flexibility index (Phi) is 3.98. The predicted octanol–water partition coefficient (Wildman–Crippen LogP) is 1.23. The van der Waals surface area contributed by atoms with E-state index in [2.05, 4.69) is 5.16 Å². The molecule has 0 unspecified atom stereocenters. The quantitative estimate of drug-likeness (QED) is 0.892. The number of halogens is 1. The molecule has 2 rings (SSSR count). The van der Waals surface area contributed by atoms with Gasteiger partial charge in [0.25, 0.3) is 5.88 Å². The molecule has 0 amide bonds. The number of sulfone groups is 1. The van der Waals surface area contributed by atoms with Crippen molar-refractivity contribution in [2.45, 2.75) is 6.04 Å². The van der Waals surface area contributed by atoms with Crippen LogP contribution < -0.4 is 10.5 Å². The Morgan fingerprint density at radius 1 is 1.53 bits per heavy atom. The van der Waals surface area contributed by atoms with Crippen LogP contribution >= 0.6 is 11.6 Å². The summed E-state index contributed by atoms with van der Waals surface area (Å²) in [7, 11) is -3.13. The summed E-state index contributed by atoms with van der Waals surface area (Å²) in [5.41, 5.74) is 6.20. The zero-order chi connectivity index (χ0) is 14.0. The maximum Gasteiger partial charge on any atom is 0.262 e. The van der Waals surface area contributed by atoms with Gasteiger partial charge in [-0.1, -0.05) is 11.6 Å². The first kappa shape index (κ1) is 14.1. The average molecular weight is 305 g/mol. The minimum atomic E-state index is -3.13. The van der Waals surface area contributed by atoms with E-state index < -0.39 is 15.9 Å². The molecule has 0 fully saturated rings. The predicted molar refractivity (Wildman–Crippen MR) is 72.2 cm³/mol. The normalized spacial score (nSPS) is 13.6. The number of aromatic nitrogens is 1. The minimum Gasteiger partial charge on any atom is -0.473 e. The standard InChI is InChI=1S/C11H13ClN2O4S/c1-19(15,16)6-8(13)5-17-11-9-4-7(12)2-3-10(9)18-14-11/h2-4,8H,5-6,13H2,1H3/t8-/m1/s1. The molecule has 0 spiro atoms. The summed E-state index contributed by atoms with van der Waals surface area (Å²) in [6.45, 7) is 0.0290. The fourth-order valence-corrected chi connectivity index (χ4v) is 2.66. The molecule has 2 N–H and O–H groups in total. The topological polar surface area (TPSA) is 95.4 Å². The molecule has 0 bridgehead atoms. The van der Waals surface area contributed by atoms with Crippen molar-refractivity contribution in [3.63, 3.8) is 0 Å². The van der Waals surface area contributed by atoms with Crippen molar-refractivity contribution >= 4 is 32.4 Å². The van der Waals surface area contributed by atoms with E-state index in [-0.39, 0.29) is 18.2 Å². The van der Waals surface area contributed by atoms with Crippen molar-refractivity contribution in [3.8, 4) is 5.88 Å². The van der Waals surface area contributed by atoms with Crippen LogP contribution in [0.15, 0.2) is 22.7 Å². The lowest BCUT2D eigenvalue weighted by atomic mass is 10.2. The van der Waals surface area contributed by atoms with Crippen molar-refractivity contribution in [1.29, 1.82) is 0 Å². The molecular weight excluding hydrogens is 292 g/mol. The lowest BCUT2D eigenvalue weighted by molar-refractivity contribution is 0.269. The molecule has 8 heteroatoms. The summed E-state index contributed by atoms with van der Waals surface area (Å²) in [5.74, 6) is 0.102. The fourth-order valence-electron chi connectivity index (χ4n) is 1.62. The molecule has 1 aromatic carbocycles. The van der Waals surface area contributed by atoms with E-state index in [9.17, 15) is 8.42 Å². The van der Waals surface area contributed by atoms with E-state index in [4.69, 9.17) is 26.6 Å². The highest BCUT2D eigenvalue weighted by atomic mass is 35.5. The smallest absolute Gasteiger partial charge is 0.262 e. The van der Waals surface area contributed by atoms with Crippen molar-refractivity contribution in [2.24, 2.45) is 5.73 Å². The first-order chi connectivity index (χ1) is 8.85. The highest BCUT2D eigenvalue weighted by Gasteiger charge is 2.15. The van der Waals surface area contributed by atoms with Gasteiger partial charge in [0.1, 0.15) is 16.4 Å². The second kappa shape index (κ2) is 5.36. The van der Waals surface area contributed by atoms with Crippen LogP contribution in [0.1, 0.15) is 0 Å². The number of nitrogens with two attached hydrogens (primary N) is 1. The first-order valence-electron chi connectivity index (χ1n) is 5.46. The molecule has 0 radical (unpaired) electrons. The van der Waals surface area contributed by atoms with E-state index >= 15 is 0 Å². The van der Waals surface area contributed by atoms with Crippen LogP contribution in [0.2, 0.25) is 5.02 Å². The Hall–Kier alpha value is -1.31. The van der Waals surface area contributed by atoms with E-state index in [1.807, 2.05) is 0 Å². The summed E-state index contributed by atoms with van der Waals surface area (Å²) in [6, 6.07) is 4.38. The molecule has 2 aromatic rings. The van der Waals surface area contributed by atoms with Crippen molar-refractivity contribution in [3.05, 3.63) is 23.2 Å². The van der Waals surface area contributed by atoms with Gasteiger partial charge in [-0.3, -0.25) is 0 Å². The van der Waals surface area contributed by atoms with Crippen LogP contribution in [0.4, 0.5) is 0 Å². The fraction of sp³-hybridized carbons (Fsp3) is 0.364. The maximum atomic E-state index is 11.1. The van der Waals surface area contributed by atoms with Gasteiger partial charge in [0.05, 0.1) is 17.2 Å². The van der Waals surface area contributed by atoms with Gasteiger partial charge in [0, 0.05) is 11.3 Å². The monoisotopic (exact) mass is 304 g/mol. The number of rotatable bonds is 5. The summed E-state index contributed by atoms with van der Waals surface area (Å²) in [5, 5.41) is 4.90. The number of benzene rings is 1. The van der Waals surface area contributed by atoms with Gasteiger partial charge in [-0.15, -0.1) is 0 Å². The van der Waals surface area contributed by atoms with Crippen molar-refractivity contribution < 1.29 is 17.7 Å². The lowest BCUT2D eigenvalue weighted by Crippen LogP contribution is -2.35. The Bertz CT molecular complexity index is 683. The highest BCUT2D eigenvalue weighted by Crippen LogP contribution is 2.27. The van der Waals surface area contributed by atoms with E-state index in [1.54, 1.807) is 18.2 Å². The van der Waals surface area contributed by atoms with Gasteiger partial charge >= 0.3 is 0 Å². The van der Waals surface area contributed by atoms with Crippen LogP contribution in [-0.2, 0) is 9.84 Å². The van der Waals surface area contributed by atoms with E-state index in [0.29, 0.717) is 16.0 Å². The second-order valence-electron chi connectivity index (χ2n) is 4.29. The Labute approximate surface area is 115 Å². The molecule has 1 heterocycles. The van der Waals surface area contributed by atoms with E-state index in [0.717, 1.165) is 6.26 Å². The number of hydrogen-bond donors (Lipinski definition) is 1. The van der Waals surface area contributed by atoms with Gasteiger partial charge in [0.2, 0.25) is 0 Å². The van der Waals surface area contributed by atoms with Crippen LogP contribution in [0.3, 0.4) is 0 Å². The third-order valence-corrected chi connectivity index (χ3v) is 3.62. The lowest BCUT2D eigenvalue weighted by Gasteiger charge is -2.10. The SMILES string of the molecule is CS(=O)(=O)C[C@H](N)COc1noc2ccc(Cl)cc12. The Balaban J connectivity index is 2.08. The molecular formula is C11H13ClN2O4S. The minimum absolute atomic E-state index is 0.0290. The van der Waals surface area contributed by atoms with Gasteiger partial charge in [0.15, 0.2) is 5.58 Å². The second-order valence-corrected chi connectivity index (χ2v) is 6.91. The highest BCUT2D eigenvalue weighted by molar-refractivity contribution is 7.90. The maximum absolute atomic E-state index is 11.1. The van der Waals surface area contributed by atoms with Crippen LogP contribution in [0.5, 0.6) is 5.88 Å². The molecule has 104 valence electrons. The van der Waals surface area contributed by atoms with Gasteiger partial charge < -0.3 is 15.0 Å². The third kappa shape index (κ3) is 3.82. The molecule has 1 aromatic heterocycles.